The molecular weight excluding hydrogens is 238 g/mol. The topological polar surface area (TPSA) is 38.1 Å². The van der Waals surface area contributed by atoms with E-state index in [1.807, 2.05) is 18.0 Å². The molecule has 0 aromatic carbocycles. The molecule has 0 radical (unpaired) electrons. The molecule has 0 bridgehead atoms. The number of hydrogen-bond acceptors (Lipinski definition) is 2. The number of amides is 1. The van der Waals surface area contributed by atoms with E-state index >= 15 is 0 Å². The Hall–Kier alpha value is -1.32. The third-order valence-corrected chi connectivity index (χ3v) is 2.51. The Labute approximate surface area is 117 Å². The van der Waals surface area contributed by atoms with Crippen LogP contribution in [0.4, 0.5) is 0 Å². The van der Waals surface area contributed by atoms with Gasteiger partial charge in [-0.2, -0.15) is 0 Å². The van der Waals surface area contributed by atoms with Crippen molar-refractivity contribution in [1.82, 2.24) is 14.5 Å². The van der Waals surface area contributed by atoms with Gasteiger partial charge in [0.2, 0.25) is 5.91 Å². The van der Waals surface area contributed by atoms with Crippen LogP contribution in [0.2, 0.25) is 0 Å². The summed E-state index contributed by atoms with van der Waals surface area (Å²) in [4.78, 5) is 17.2. The zero-order valence-electron chi connectivity index (χ0n) is 13.4. The van der Waals surface area contributed by atoms with E-state index in [0.29, 0.717) is 6.54 Å². The summed E-state index contributed by atoms with van der Waals surface area (Å²) in [5, 5.41) is 0. The molecule has 1 aliphatic rings. The van der Waals surface area contributed by atoms with Crippen LogP contribution in [0.25, 0.3) is 0 Å². The van der Waals surface area contributed by atoms with E-state index in [1.165, 1.54) is 18.5 Å². The Kier molecular flexibility index (Phi) is 8.92. The Morgan fingerprint density at radius 1 is 1.21 bits per heavy atom. The summed E-state index contributed by atoms with van der Waals surface area (Å²) in [5.74, 6) is 1.13. The highest BCUT2D eigenvalue weighted by molar-refractivity contribution is 5.73. The molecule has 19 heavy (non-hydrogen) atoms. The normalized spacial score (nSPS) is 12.6. The van der Waals surface area contributed by atoms with Gasteiger partial charge in [0.1, 0.15) is 5.82 Å². The Balaban J connectivity index is 0.000000465. The number of aryl methyl sites for hydroxylation is 1. The predicted octanol–water partition coefficient (Wildman–Crippen LogP) is 3.39. The number of aromatic nitrogens is 2. The van der Waals surface area contributed by atoms with Crippen LogP contribution < -0.4 is 0 Å². The van der Waals surface area contributed by atoms with Crippen molar-refractivity contribution in [2.24, 2.45) is 0 Å². The maximum Gasteiger partial charge on any atom is 0.219 e. The van der Waals surface area contributed by atoms with Crippen molar-refractivity contribution < 1.29 is 4.79 Å². The highest BCUT2D eigenvalue weighted by Gasteiger charge is 2.19. The van der Waals surface area contributed by atoms with Gasteiger partial charge in [-0.3, -0.25) is 4.79 Å². The molecule has 0 N–H and O–H groups in total. The summed E-state index contributed by atoms with van der Waals surface area (Å²) < 4.78 is 2.17. The standard InChI is InChI=1S/C9H13N3O.2C3H8/c1-7-5-10-9-6-11(8(2)13)3-4-12(7)9;2*1-3-2/h5H,3-4,6H2,1-2H3;2*3H2,1-2H3. The SMILES string of the molecule is CC(=O)N1CCn2c(C)cnc2C1.CCC.CCC. The summed E-state index contributed by atoms with van der Waals surface area (Å²) in [6.07, 6.45) is 4.36. The summed E-state index contributed by atoms with van der Waals surface area (Å²) in [6, 6.07) is 0. The van der Waals surface area contributed by atoms with Crippen molar-refractivity contribution in [3.63, 3.8) is 0 Å². The van der Waals surface area contributed by atoms with Gasteiger partial charge in [0.15, 0.2) is 0 Å². The van der Waals surface area contributed by atoms with E-state index < -0.39 is 0 Å². The number of nitrogens with zero attached hydrogens (tertiary/aromatic N) is 3. The molecule has 0 saturated heterocycles. The van der Waals surface area contributed by atoms with Crippen molar-refractivity contribution in [2.75, 3.05) is 6.54 Å². The lowest BCUT2D eigenvalue weighted by atomic mass is 10.3. The van der Waals surface area contributed by atoms with Gasteiger partial charge in [-0.05, 0) is 6.92 Å². The molecule has 0 fully saturated rings. The van der Waals surface area contributed by atoms with Crippen LogP contribution in [0, 0.1) is 6.92 Å². The fourth-order valence-electron chi connectivity index (χ4n) is 1.68. The van der Waals surface area contributed by atoms with Crippen molar-refractivity contribution in [1.29, 1.82) is 0 Å². The third-order valence-electron chi connectivity index (χ3n) is 2.51. The van der Waals surface area contributed by atoms with E-state index in [1.54, 1.807) is 6.92 Å². The molecular formula is C15H29N3O. The molecule has 4 heteroatoms. The van der Waals surface area contributed by atoms with Crippen LogP contribution in [0.3, 0.4) is 0 Å². The van der Waals surface area contributed by atoms with Gasteiger partial charge in [-0.25, -0.2) is 4.98 Å². The number of fused-ring (bicyclic) bond motifs is 1. The number of carbonyl (C=O) groups excluding carboxylic acids is 1. The lowest BCUT2D eigenvalue weighted by Gasteiger charge is -2.27. The maximum atomic E-state index is 11.1. The molecule has 0 atom stereocenters. The lowest BCUT2D eigenvalue weighted by molar-refractivity contribution is -0.130. The zero-order chi connectivity index (χ0) is 14.8. The second kappa shape index (κ2) is 9.59. The third kappa shape index (κ3) is 5.90. The lowest BCUT2D eigenvalue weighted by Crippen LogP contribution is -2.37. The molecule has 0 spiro atoms. The van der Waals surface area contributed by atoms with Crippen molar-refractivity contribution >= 4 is 5.91 Å². The average molecular weight is 267 g/mol. The van der Waals surface area contributed by atoms with Crippen molar-refractivity contribution in [2.45, 2.75) is 67.5 Å². The second-order valence-corrected chi connectivity index (χ2v) is 4.82. The quantitative estimate of drug-likeness (QED) is 0.722. The number of imidazole rings is 1. The first-order valence-corrected chi connectivity index (χ1v) is 7.28. The van der Waals surface area contributed by atoms with E-state index in [0.717, 1.165) is 18.9 Å². The van der Waals surface area contributed by atoms with Crippen LogP contribution in [-0.2, 0) is 17.9 Å². The Bertz CT molecular complexity index is 369. The molecule has 0 aliphatic carbocycles. The Morgan fingerprint density at radius 2 is 1.74 bits per heavy atom. The van der Waals surface area contributed by atoms with Crippen molar-refractivity contribution in [3.05, 3.63) is 17.7 Å². The van der Waals surface area contributed by atoms with Gasteiger partial charge in [0.25, 0.3) is 0 Å². The van der Waals surface area contributed by atoms with E-state index in [9.17, 15) is 4.79 Å². The van der Waals surface area contributed by atoms with E-state index in [-0.39, 0.29) is 5.91 Å². The molecule has 1 aromatic heterocycles. The average Bonchev–Trinajstić information content (AvgIpc) is 2.73. The van der Waals surface area contributed by atoms with Gasteiger partial charge in [0, 0.05) is 31.9 Å². The second-order valence-electron chi connectivity index (χ2n) is 4.82. The smallest absolute Gasteiger partial charge is 0.219 e. The van der Waals surface area contributed by atoms with Gasteiger partial charge in [0.05, 0.1) is 6.54 Å². The highest BCUT2D eigenvalue weighted by Crippen LogP contribution is 2.13. The minimum atomic E-state index is 0.131. The molecule has 0 unspecified atom stereocenters. The van der Waals surface area contributed by atoms with Gasteiger partial charge in [-0.1, -0.05) is 40.5 Å². The molecule has 2 rings (SSSR count). The van der Waals surface area contributed by atoms with Crippen LogP contribution in [0.15, 0.2) is 6.20 Å². The first-order chi connectivity index (χ1) is 9.01. The summed E-state index contributed by atoms with van der Waals surface area (Å²) >= 11 is 0. The van der Waals surface area contributed by atoms with Crippen LogP contribution in [0.5, 0.6) is 0 Å². The monoisotopic (exact) mass is 267 g/mol. The predicted molar refractivity (Wildman–Crippen MR) is 80.0 cm³/mol. The molecule has 2 heterocycles. The minimum Gasteiger partial charge on any atom is -0.334 e. The first kappa shape index (κ1) is 17.7. The maximum absolute atomic E-state index is 11.1. The van der Waals surface area contributed by atoms with Crippen LogP contribution in [0.1, 0.15) is 59.0 Å². The molecule has 1 aliphatic heterocycles. The van der Waals surface area contributed by atoms with Crippen LogP contribution >= 0.6 is 0 Å². The number of rotatable bonds is 0. The van der Waals surface area contributed by atoms with E-state index in [2.05, 4.69) is 37.2 Å². The first-order valence-electron chi connectivity index (χ1n) is 7.28. The largest absolute Gasteiger partial charge is 0.334 e. The molecule has 4 nitrogen and oxygen atoms in total. The van der Waals surface area contributed by atoms with Gasteiger partial charge in [-0.15, -0.1) is 0 Å². The van der Waals surface area contributed by atoms with E-state index in [4.69, 9.17) is 0 Å². The minimum absolute atomic E-state index is 0.131. The summed E-state index contributed by atoms with van der Waals surface area (Å²) in [6.45, 7) is 14.5. The fourth-order valence-corrected chi connectivity index (χ4v) is 1.68. The number of hydrogen-bond donors (Lipinski definition) is 0. The van der Waals surface area contributed by atoms with Gasteiger partial charge < -0.3 is 9.47 Å². The highest BCUT2D eigenvalue weighted by atomic mass is 16.2. The molecule has 1 amide bonds. The van der Waals surface area contributed by atoms with Gasteiger partial charge >= 0.3 is 0 Å². The van der Waals surface area contributed by atoms with Crippen molar-refractivity contribution in [3.8, 4) is 0 Å². The molecule has 0 saturated carbocycles. The fraction of sp³-hybridized carbons (Fsp3) is 0.733. The zero-order valence-corrected chi connectivity index (χ0v) is 13.4. The molecule has 1 aromatic rings. The Morgan fingerprint density at radius 3 is 2.21 bits per heavy atom. The summed E-state index contributed by atoms with van der Waals surface area (Å²) in [5.41, 5.74) is 1.18. The van der Waals surface area contributed by atoms with Crippen LogP contribution in [-0.4, -0.2) is 26.9 Å². The number of carbonyl (C=O) groups is 1. The molecule has 110 valence electrons. The summed E-state index contributed by atoms with van der Waals surface area (Å²) in [7, 11) is 0.